The average Bonchev–Trinajstić information content (AvgIpc) is 2.67. The average molecular weight is 424 g/mol. The third-order valence-electron chi connectivity index (χ3n) is 3.95. The topological polar surface area (TPSA) is 58.9 Å². The molecule has 4 nitrogen and oxygen atoms in total. The second-order valence-corrected chi connectivity index (χ2v) is 6.98. The van der Waals surface area contributed by atoms with Crippen molar-refractivity contribution >= 4 is 33.8 Å². The Morgan fingerprint density at radius 1 is 1.07 bits per heavy atom. The van der Waals surface area contributed by atoms with Gasteiger partial charge in [-0.15, -0.1) is 0 Å². The van der Waals surface area contributed by atoms with Crippen LogP contribution in [0.5, 0.6) is 5.75 Å². The molecule has 5 heteroatoms. The number of hydrogen-bond donors (Lipinski definition) is 1. The van der Waals surface area contributed by atoms with Crippen molar-refractivity contribution in [3.8, 4) is 5.75 Å². The first kappa shape index (κ1) is 18.9. The van der Waals surface area contributed by atoms with E-state index in [1.54, 1.807) is 30.5 Å². The number of carboxylic acid groups (broad SMARTS) is 1. The highest BCUT2D eigenvalue weighted by molar-refractivity contribution is 9.10. The Kier molecular flexibility index (Phi) is 6.04. The predicted octanol–water partition coefficient (Wildman–Crippen LogP) is 5.79. The van der Waals surface area contributed by atoms with E-state index in [0.29, 0.717) is 12.4 Å². The van der Waals surface area contributed by atoms with Crippen molar-refractivity contribution in [1.29, 1.82) is 0 Å². The number of halogens is 1. The first-order valence-electron chi connectivity index (χ1n) is 8.36. The lowest BCUT2D eigenvalue weighted by atomic mass is 10.1. The lowest BCUT2D eigenvalue weighted by Crippen LogP contribution is -2.00. The number of hydrogen-bond acceptors (Lipinski definition) is 3. The molecule has 0 aliphatic rings. The number of aliphatic imine (C=N–C) groups is 1. The summed E-state index contributed by atoms with van der Waals surface area (Å²) in [5.41, 5.74) is 4.06. The second kappa shape index (κ2) is 8.64. The summed E-state index contributed by atoms with van der Waals surface area (Å²) in [7, 11) is 0. The zero-order chi connectivity index (χ0) is 19.2. The fourth-order valence-corrected chi connectivity index (χ4v) is 2.81. The summed E-state index contributed by atoms with van der Waals surface area (Å²) in [4.78, 5) is 15.4. The molecule has 0 aliphatic heterocycles. The van der Waals surface area contributed by atoms with Crippen LogP contribution in [-0.2, 0) is 6.61 Å². The molecule has 3 rings (SSSR count). The zero-order valence-corrected chi connectivity index (χ0v) is 16.3. The third-order valence-corrected chi connectivity index (χ3v) is 4.45. The van der Waals surface area contributed by atoms with E-state index in [2.05, 4.69) is 20.9 Å². The van der Waals surface area contributed by atoms with Crippen molar-refractivity contribution in [3.63, 3.8) is 0 Å². The van der Waals surface area contributed by atoms with Gasteiger partial charge in [-0.05, 0) is 55.0 Å². The number of carboxylic acids is 1. The van der Waals surface area contributed by atoms with E-state index in [4.69, 9.17) is 9.84 Å². The molecule has 0 amide bonds. The zero-order valence-electron chi connectivity index (χ0n) is 14.7. The van der Waals surface area contributed by atoms with Crippen molar-refractivity contribution in [2.24, 2.45) is 4.99 Å². The van der Waals surface area contributed by atoms with Crippen molar-refractivity contribution in [2.75, 3.05) is 0 Å². The number of carbonyl (C=O) groups is 1. The predicted molar refractivity (Wildman–Crippen MR) is 110 cm³/mol. The van der Waals surface area contributed by atoms with E-state index in [9.17, 15) is 4.79 Å². The minimum absolute atomic E-state index is 0.258. The van der Waals surface area contributed by atoms with Gasteiger partial charge in [0, 0.05) is 16.3 Å². The smallest absolute Gasteiger partial charge is 0.335 e. The Morgan fingerprint density at radius 3 is 2.44 bits per heavy atom. The Labute approximate surface area is 166 Å². The summed E-state index contributed by atoms with van der Waals surface area (Å²) in [6.07, 6.45) is 1.78. The number of aromatic carboxylic acids is 1. The summed E-state index contributed by atoms with van der Waals surface area (Å²) >= 11 is 3.48. The summed E-state index contributed by atoms with van der Waals surface area (Å²) in [6.45, 7) is 2.38. The molecule has 0 aromatic heterocycles. The summed E-state index contributed by atoms with van der Waals surface area (Å²) in [5, 5.41) is 8.96. The highest BCUT2D eigenvalue weighted by atomic mass is 79.9. The molecular weight excluding hydrogens is 406 g/mol. The lowest BCUT2D eigenvalue weighted by molar-refractivity contribution is 0.0697. The third kappa shape index (κ3) is 5.28. The van der Waals surface area contributed by atoms with Gasteiger partial charge in [0.25, 0.3) is 0 Å². The van der Waals surface area contributed by atoms with Crippen LogP contribution in [0.15, 0.2) is 76.2 Å². The van der Waals surface area contributed by atoms with Gasteiger partial charge in [0.15, 0.2) is 0 Å². The molecule has 0 saturated heterocycles. The summed E-state index contributed by atoms with van der Waals surface area (Å²) in [6, 6.07) is 20.4. The monoisotopic (exact) mass is 423 g/mol. The number of rotatable bonds is 6. The highest BCUT2D eigenvalue weighted by Gasteiger charge is 2.05. The van der Waals surface area contributed by atoms with Gasteiger partial charge in [-0.1, -0.05) is 45.8 Å². The largest absolute Gasteiger partial charge is 0.488 e. The van der Waals surface area contributed by atoms with Gasteiger partial charge in [-0.3, -0.25) is 4.99 Å². The van der Waals surface area contributed by atoms with Crippen LogP contribution in [0.1, 0.15) is 27.0 Å². The van der Waals surface area contributed by atoms with E-state index < -0.39 is 5.97 Å². The molecule has 0 aliphatic carbocycles. The van der Waals surface area contributed by atoms with E-state index >= 15 is 0 Å². The molecule has 1 N–H and O–H groups in total. The first-order valence-corrected chi connectivity index (χ1v) is 9.16. The number of ether oxygens (including phenoxy) is 1. The van der Waals surface area contributed by atoms with Gasteiger partial charge in [0.2, 0.25) is 0 Å². The molecule has 0 fully saturated rings. The molecule has 3 aromatic rings. The molecule has 0 atom stereocenters. The molecule has 0 radical (unpaired) electrons. The van der Waals surface area contributed by atoms with Crippen molar-refractivity contribution in [1.82, 2.24) is 0 Å². The summed E-state index contributed by atoms with van der Waals surface area (Å²) in [5.74, 6) is -0.235. The molecule has 0 spiro atoms. The maximum Gasteiger partial charge on any atom is 0.335 e. The van der Waals surface area contributed by atoms with Crippen LogP contribution in [0.3, 0.4) is 0 Å². The van der Waals surface area contributed by atoms with Gasteiger partial charge < -0.3 is 9.84 Å². The molecule has 0 bridgehead atoms. The standard InChI is InChI=1S/C22H18BrNO3/c1-15-2-9-20(10-3-15)24-13-18-12-19(23)8-11-21(18)27-14-16-4-6-17(7-5-16)22(25)26/h2-13H,14H2,1H3,(H,25,26). The Morgan fingerprint density at radius 2 is 1.78 bits per heavy atom. The molecular formula is C22H18BrNO3. The van der Waals surface area contributed by atoms with Crippen molar-refractivity contribution in [2.45, 2.75) is 13.5 Å². The SMILES string of the molecule is Cc1ccc(N=Cc2cc(Br)ccc2OCc2ccc(C(=O)O)cc2)cc1. The molecule has 27 heavy (non-hydrogen) atoms. The lowest BCUT2D eigenvalue weighted by Gasteiger charge is -2.10. The van der Waals surface area contributed by atoms with Crippen LogP contribution in [0, 0.1) is 6.92 Å². The van der Waals surface area contributed by atoms with Crippen LogP contribution < -0.4 is 4.74 Å². The van der Waals surface area contributed by atoms with E-state index in [-0.39, 0.29) is 5.56 Å². The molecule has 136 valence electrons. The second-order valence-electron chi connectivity index (χ2n) is 6.07. The van der Waals surface area contributed by atoms with Crippen molar-refractivity contribution in [3.05, 3.63) is 93.5 Å². The van der Waals surface area contributed by atoms with E-state index in [0.717, 1.165) is 21.3 Å². The molecule has 3 aromatic carbocycles. The molecule has 0 heterocycles. The van der Waals surface area contributed by atoms with Gasteiger partial charge in [0.05, 0.1) is 11.3 Å². The number of aryl methyl sites for hydroxylation is 1. The normalized spacial score (nSPS) is 10.9. The number of benzene rings is 3. The van der Waals surface area contributed by atoms with E-state index in [1.807, 2.05) is 49.4 Å². The Hall–Kier alpha value is -2.92. The highest BCUT2D eigenvalue weighted by Crippen LogP contribution is 2.24. The Bertz CT molecular complexity index is 964. The molecule has 0 unspecified atom stereocenters. The van der Waals surface area contributed by atoms with Gasteiger partial charge in [-0.2, -0.15) is 0 Å². The van der Waals surface area contributed by atoms with Crippen LogP contribution in [0.4, 0.5) is 5.69 Å². The van der Waals surface area contributed by atoms with Crippen LogP contribution in [0.2, 0.25) is 0 Å². The van der Waals surface area contributed by atoms with Crippen LogP contribution in [-0.4, -0.2) is 17.3 Å². The maximum atomic E-state index is 10.9. The quantitative estimate of drug-likeness (QED) is 0.510. The summed E-state index contributed by atoms with van der Waals surface area (Å²) < 4.78 is 6.86. The minimum Gasteiger partial charge on any atom is -0.488 e. The molecule has 0 saturated carbocycles. The minimum atomic E-state index is -0.940. The Balaban J connectivity index is 1.75. The number of nitrogens with zero attached hydrogens (tertiary/aromatic N) is 1. The van der Waals surface area contributed by atoms with Gasteiger partial charge in [0.1, 0.15) is 12.4 Å². The fourth-order valence-electron chi connectivity index (χ4n) is 2.43. The van der Waals surface area contributed by atoms with E-state index in [1.165, 1.54) is 5.56 Å². The van der Waals surface area contributed by atoms with Crippen LogP contribution in [0.25, 0.3) is 0 Å². The van der Waals surface area contributed by atoms with Crippen LogP contribution >= 0.6 is 15.9 Å². The van der Waals surface area contributed by atoms with Crippen molar-refractivity contribution < 1.29 is 14.6 Å². The van der Waals surface area contributed by atoms with Gasteiger partial charge in [-0.25, -0.2) is 4.79 Å². The maximum absolute atomic E-state index is 10.9. The first-order chi connectivity index (χ1) is 13.0. The fraction of sp³-hybridized carbons (Fsp3) is 0.0909. The van der Waals surface area contributed by atoms with Gasteiger partial charge >= 0.3 is 5.97 Å².